The highest BCUT2D eigenvalue weighted by Gasteiger charge is 2.36. The normalized spacial score (nSPS) is 14.8. The molecule has 0 spiro atoms. The van der Waals surface area contributed by atoms with Gasteiger partial charge in [0.05, 0.1) is 17.7 Å². The Morgan fingerprint density at radius 1 is 1.12 bits per heavy atom. The lowest BCUT2D eigenvalue weighted by atomic mass is 10.1. The highest BCUT2D eigenvalue weighted by Crippen LogP contribution is 2.22. The van der Waals surface area contributed by atoms with Crippen LogP contribution in [0, 0.1) is 0 Å². The molecule has 4 nitrogen and oxygen atoms in total. The van der Waals surface area contributed by atoms with Crippen LogP contribution in [0.3, 0.4) is 0 Å². The van der Waals surface area contributed by atoms with Crippen molar-refractivity contribution in [3.05, 3.63) is 47.5 Å². The van der Waals surface area contributed by atoms with Crippen LogP contribution in [0.4, 0.5) is 0 Å². The molecule has 1 aliphatic heterocycles. The van der Waals surface area contributed by atoms with E-state index in [0.29, 0.717) is 17.0 Å². The predicted molar refractivity (Wildman–Crippen MR) is 62.8 cm³/mol. The number of amides is 2. The van der Waals surface area contributed by atoms with Gasteiger partial charge < -0.3 is 0 Å². The van der Waals surface area contributed by atoms with Gasteiger partial charge in [-0.15, -0.1) is 16.7 Å². The van der Waals surface area contributed by atoms with Gasteiger partial charge >= 0.3 is 0 Å². The molecule has 0 fully saturated rings. The first kappa shape index (κ1) is 11.8. The monoisotopic (exact) mass is 251 g/mol. The highest BCUT2D eigenvalue weighted by atomic mass is 35.5. The van der Waals surface area contributed by atoms with Crippen LogP contribution in [0.1, 0.15) is 20.7 Å². The molecule has 0 saturated heterocycles. The molecule has 0 aromatic heterocycles. The number of allylic oxidation sites excluding steroid dienone is 1. The molecular weight excluding hydrogens is 242 g/mol. The minimum atomic E-state index is -0.426. The third-order valence-corrected chi connectivity index (χ3v) is 2.49. The van der Waals surface area contributed by atoms with Gasteiger partial charge in [0.1, 0.15) is 0 Å². The van der Waals surface area contributed by atoms with Gasteiger partial charge in [0.15, 0.2) is 0 Å². The smallest absolute Gasteiger partial charge is 0.266 e. The number of carbonyl (C=O) groups excluding carboxylic acids is 2. The van der Waals surface area contributed by atoms with Crippen LogP contribution in [0.15, 0.2) is 36.4 Å². The van der Waals surface area contributed by atoms with E-state index in [0.717, 1.165) is 5.06 Å². The van der Waals surface area contributed by atoms with E-state index in [9.17, 15) is 9.59 Å². The molecule has 88 valence electrons. The summed E-state index contributed by atoms with van der Waals surface area (Å²) in [5, 5.41) is 0.781. The van der Waals surface area contributed by atoms with Gasteiger partial charge in [-0.05, 0) is 12.1 Å². The van der Waals surface area contributed by atoms with Crippen LogP contribution < -0.4 is 0 Å². The Hall–Kier alpha value is -1.65. The molecular formula is C12H10ClNO3. The first-order valence-corrected chi connectivity index (χ1v) is 5.61. The summed E-state index contributed by atoms with van der Waals surface area (Å²) in [5.41, 5.74) is 0.748. The zero-order valence-corrected chi connectivity index (χ0v) is 9.68. The maximum Gasteiger partial charge on any atom is 0.285 e. The van der Waals surface area contributed by atoms with Crippen molar-refractivity contribution >= 4 is 23.4 Å². The SMILES string of the molecule is O=C1c2ccccc2C(=O)N1OC/C=C/CCl. The zero-order chi connectivity index (χ0) is 12.3. The molecule has 1 aromatic carbocycles. The van der Waals surface area contributed by atoms with E-state index < -0.39 is 11.8 Å². The molecule has 0 unspecified atom stereocenters. The lowest BCUT2D eigenvalue weighted by Gasteiger charge is -2.11. The Balaban J connectivity index is 2.11. The predicted octanol–water partition coefficient (Wildman–Crippen LogP) is 2.01. The Morgan fingerprint density at radius 3 is 2.24 bits per heavy atom. The number of hydrogen-bond acceptors (Lipinski definition) is 3. The van der Waals surface area contributed by atoms with Crippen LogP contribution in [-0.4, -0.2) is 29.4 Å². The van der Waals surface area contributed by atoms with Crippen LogP contribution >= 0.6 is 11.6 Å². The van der Waals surface area contributed by atoms with E-state index >= 15 is 0 Å². The fourth-order valence-electron chi connectivity index (χ4n) is 1.53. The lowest BCUT2D eigenvalue weighted by molar-refractivity contribution is -0.0801. The van der Waals surface area contributed by atoms with Gasteiger partial charge in [-0.3, -0.25) is 14.4 Å². The van der Waals surface area contributed by atoms with Crippen molar-refractivity contribution in [2.24, 2.45) is 0 Å². The summed E-state index contributed by atoms with van der Waals surface area (Å²) in [6, 6.07) is 6.63. The summed E-state index contributed by atoms with van der Waals surface area (Å²) in [4.78, 5) is 28.7. The van der Waals surface area contributed by atoms with E-state index in [4.69, 9.17) is 16.4 Å². The summed E-state index contributed by atoms with van der Waals surface area (Å²) in [5.74, 6) is -0.486. The van der Waals surface area contributed by atoms with Gasteiger partial charge in [-0.2, -0.15) is 0 Å². The number of fused-ring (bicyclic) bond motifs is 1. The van der Waals surface area contributed by atoms with Crippen molar-refractivity contribution in [1.29, 1.82) is 0 Å². The molecule has 0 atom stereocenters. The number of alkyl halides is 1. The molecule has 0 aliphatic carbocycles. The lowest BCUT2D eigenvalue weighted by Crippen LogP contribution is -2.30. The van der Waals surface area contributed by atoms with Gasteiger partial charge in [-0.1, -0.05) is 24.3 Å². The largest absolute Gasteiger partial charge is 0.285 e. The second-order valence-electron chi connectivity index (χ2n) is 3.37. The number of hydrogen-bond donors (Lipinski definition) is 0. The molecule has 17 heavy (non-hydrogen) atoms. The maximum absolute atomic E-state index is 11.8. The first-order chi connectivity index (χ1) is 8.25. The average molecular weight is 252 g/mol. The van der Waals surface area contributed by atoms with Gasteiger partial charge in [0.2, 0.25) is 0 Å². The second-order valence-corrected chi connectivity index (χ2v) is 3.68. The van der Waals surface area contributed by atoms with Gasteiger partial charge in [-0.25, -0.2) is 0 Å². The number of imide groups is 1. The fourth-order valence-corrected chi connectivity index (χ4v) is 1.66. The number of carbonyl (C=O) groups is 2. The average Bonchev–Trinajstić information content (AvgIpc) is 2.60. The quantitative estimate of drug-likeness (QED) is 0.467. The maximum atomic E-state index is 11.8. The molecule has 2 amide bonds. The third-order valence-electron chi connectivity index (χ3n) is 2.31. The van der Waals surface area contributed by atoms with Crippen molar-refractivity contribution in [1.82, 2.24) is 5.06 Å². The standard InChI is InChI=1S/C12H10ClNO3/c13-7-3-4-8-17-14-11(15)9-5-1-2-6-10(9)12(14)16/h1-6H,7-8H2/b4-3+. The molecule has 1 aromatic rings. The number of halogens is 1. The van der Waals surface area contributed by atoms with Crippen LogP contribution in [0.5, 0.6) is 0 Å². The Labute approximate surface area is 103 Å². The number of hydroxylamine groups is 2. The van der Waals surface area contributed by atoms with Crippen molar-refractivity contribution in [2.45, 2.75) is 0 Å². The van der Waals surface area contributed by atoms with Crippen molar-refractivity contribution < 1.29 is 14.4 Å². The van der Waals surface area contributed by atoms with Crippen molar-refractivity contribution in [2.75, 3.05) is 12.5 Å². The van der Waals surface area contributed by atoms with Crippen molar-refractivity contribution in [3.8, 4) is 0 Å². The number of benzene rings is 1. The second kappa shape index (κ2) is 5.12. The molecule has 0 bridgehead atoms. The van der Waals surface area contributed by atoms with Crippen LogP contribution in [0.2, 0.25) is 0 Å². The van der Waals surface area contributed by atoms with Crippen molar-refractivity contribution in [3.63, 3.8) is 0 Å². The molecule has 5 heteroatoms. The molecule has 1 aliphatic rings. The molecule has 1 heterocycles. The van der Waals surface area contributed by atoms with Gasteiger partial charge in [0.25, 0.3) is 11.8 Å². The van der Waals surface area contributed by atoms with E-state index in [1.807, 2.05) is 0 Å². The summed E-state index contributed by atoms with van der Waals surface area (Å²) >= 11 is 5.44. The number of nitrogens with zero attached hydrogens (tertiary/aromatic N) is 1. The fraction of sp³-hybridized carbons (Fsp3) is 0.167. The van der Waals surface area contributed by atoms with E-state index in [2.05, 4.69) is 0 Å². The minimum absolute atomic E-state index is 0.137. The molecule has 2 rings (SSSR count). The first-order valence-electron chi connectivity index (χ1n) is 5.07. The summed E-state index contributed by atoms with van der Waals surface area (Å²) in [6.45, 7) is 0.137. The Bertz CT molecular complexity index is 449. The number of rotatable bonds is 4. The molecule has 0 N–H and O–H groups in total. The minimum Gasteiger partial charge on any atom is -0.266 e. The summed E-state index contributed by atoms with van der Waals surface area (Å²) in [7, 11) is 0. The van der Waals surface area contributed by atoms with E-state index in [-0.39, 0.29) is 6.61 Å². The van der Waals surface area contributed by atoms with Gasteiger partial charge in [0, 0.05) is 5.88 Å². The Morgan fingerprint density at radius 2 is 1.71 bits per heavy atom. The van der Waals surface area contributed by atoms with Crippen LogP contribution in [0.25, 0.3) is 0 Å². The summed E-state index contributed by atoms with van der Waals surface area (Å²) < 4.78 is 0. The third kappa shape index (κ3) is 2.23. The topological polar surface area (TPSA) is 46.6 Å². The van der Waals surface area contributed by atoms with E-state index in [1.165, 1.54) is 0 Å². The summed E-state index contributed by atoms with van der Waals surface area (Å²) in [6.07, 6.45) is 3.33. The van der Waals surface area contributed by atoms with E-state index in [1.54, 1.807) is 36.4 Å². The molecule has 0 saturated carbocycles. The van der Waals surface area contributed by atoms with Crippen LogP contribution in [-0.2, 0) is 4.84 Å². The Kier molecular flexibility index (Phi) is 3.56. The zero-order valence-electron chi connectivity index (χ0n) is 8.93. The highest BCUT2D eigenvalue weighted by molar-refractivity contribution is 6.20. The molecule has 0 radical (unpaired) electrons.